The van der Waals surface area contributed by atoms with E-state index in [1.54, 1.807) is 41.5 Å². The fourth-order valence-electron chi connectivity index (χ4n) is 13.9. The van der Waals surface area contributed by atoms with Crippen molar-refractivity contribution in [3.63, 3.8) is 0 Å². The quantitative estimate of drug-likeness (QED) is 0.0121. The van der Waals surface area contributed by atoms with Crippen LogP contribution in [0, 0.1) is 0 Å². The Morgan fingerprint density at radius 2 is 0.528 bits per heavy atom. The second-order valence-corrected chi connectivity index (χ2v) is 27.5. The highest BCUT2D eigenvalue weighted by Crippen LogP contribution is 2.37. The smallest absolute Gasteiger partial charge is 0.337 e. The summed E-state index contributed by atoms with van der Waals surface area (Å²) in [4.78, 5) is 90.9. The molecule has 0 radical (unpaired) electrons. The number of amides is 5. The Bertz CT molecular complexity index is 3930. The Labute approximate surface area is 615 Å². The van der Waals surface area contributed by atoms with Crippen molar-refractivity contribution in [1.82, 2.24) is 26.6 Å². The minimum absolute atomic E-state index is 0.150. The molecular formula is C79H92N8O19. The second kappa shape index (κ2) is 36.0. The van der Waals surface area contributed by atoms with E-state index in [0.29, 0.717) is 0 Å². The molecule has 0 aliphatic carbocycles. The number of carbonyl (C=O) groups excluding carboxylic acids is 6. The number of benzene rings is 6. The highest BCUT2D eigenvalue weighted by atomic mass is 16.6. The molecule has 27 heteroatoms. The van der Waals surface area contributed by atoms with Crippen LogP contribution < -0.4 is 26.6 Å². The van der Waals surface area contributed by atoms with E-state index >= 15 is 14.4 Å². The molecule has 0 aromatic heterocycles. The van der Waals surface area contributed by atoms with Gasteiger partial charge in [0.15, 0.2) is 30.5 Å². The van der Waals surface area contributed by atoms with Crippen molar-refractivity contribution in [3.05, 3.63) is 226 Å². The lowest BCUT2D eigenvalue weighted by atomic mass is 9.87. The molecule has 6 aromatic rings. The van der Waals surface area contributed by atoms with Crippen molar-refractivity contribution in [3.8, 4) is 0 Å². The first-order chi connectivity index (χ1) is 51.4. The first kappa shape index (κ1) is 76.6. The number of methoxy groups -OCH3 is 1. The van der Waals surface area contributed by atoms with Gasteiger partial charge in [-0.15, -0.1) is 0 Å². The standard InChI is InChI=1S/C79H92N8O19/c1-44(95-38-50-26-14-8-15-27-50)62-56(69(102-62)75(89)83-58-64(46(3)97-40-52-30-18-10-19-31-52)104-71(58)77(91)85-60-66(106-73(60)79(93)94-7)48(5)99-42-54-34-22-12-23-35-54)81-74(88)68-57(63(101-68)45(2)96-39-51-28-16-9-17-29-51)82-76(90)70-59(65(103-70)47(4)98-41-53-32-20-11-21-33-53)84-78(92)72-61(86-87-80)67(105-72)49(6)100-43-55-36-24-13-25-37-55/h8-37,44-49,56-73H,38-43H2,1-7H3,(H,81,88)(H,82,90)(H,83,89)(H,84,92)(H,85,91)/t44-,45-,46-,47-,48-,49-,56-,57-,58-,59-,60-,61-,62-,63-,64-,65-,66-,67-,68+,69+,70+,71+,72+,73+/m0/s1. The number of rotatable bonds is 36. The van der Waals surface area contributed by atoms with Gasteiger partial charge in [-0.25, -0.2) is 4.79 Å². The molecular weight excluding hydrogens is 1360 g/mol. The Kier molecular flexibility index (Phi) is 26.1. The van der Waals surface area contributed by atoms with E-state index in [0.717, 1.165) is 33.4 Å². The number of carbonyl (C=O) groups is 6. The van der Waals surface area contributed by atoms with E-state index in [9.17, 15) is 19.9 Å². The summed E-state index contributed by atoms with van der Waals surface area (Å²) in [5.41, 5.74) is 15.0. The van der Waals surface area contributed by atoms with Crippen molar-refractivity contribution < 1.29 is 90.3 Å². The summed E-state index contributed by atoms with van der Waals surface area (Å²) in [6, 6.07) is 50.4. The number of hydrogen-bond acceptors (Lipinski definition) is 20. The average molecular weight is 1460 g/mol. The predicted molar refractivity (Wildman–Crippen MR) is 381 cm³/mol. The molecule has 0 spiro atoms. The van der Waals surface area contributed by atoms with Gasteiger partial charge in [0.2, 0.25) is 5.91 Å². The molecule has 6 fully saturated rings. The first-order valence-electron chi connectivity index (χ1n) is 35.9. The van der Waals surface area contributed by atoms with Gasteiger partial charge in [-0.3, -0.25) is 24.0 Å². The number of nitrogens with zero attached hydrogens (tertiary/aromatic N) is 3. The molecule has 6 aromatic carbocycles. The average Bonchev–Trinajstić information content (AvgIpc) is 0.744. The van der Waals surface area contributed by atoms with E-state index in [4.69, 9.17) is 61.6 Å². The second-order valence-electron chi connectivity index (χ2n) is 27.5. The molecule has 562 valence electrons. The number of hydrogen-bond donors (Lipinski definition) is 5. The topological polar surface area (TPSA) is 331 Å². The van der Waals surface area contributed by atoms with Gasteiger partial charge in [-0.1, -0.05) is 187 Å². The van der Waals surface area contributed by atoms with Gasteiger partial charge in [-0.2, -0.15) is 0 Å². The van der Waals surface area contributed by atoms with Crippen LogP contribution in [-0.2, 0) is 130 Å². The van der Waals surface area contributed by atoms with Crippen LogP contribution in [0.4, 0.5) is 0 Å². The molecule has 6 heterocycles. The lowest BCUT2D eigenvalue weighted by molar-refractivity contribution is -0.232. The van der Waals surface area contributed by atoms with Gasteiger partial charge in [0, 0.05) is 4.91 Å². The van der Waals surface area contributed by atoms with Crippen molar-refractivity contribution >= 4 is 35.5 Å². The van der Waals surface area contributed by atoms with Gasteiger partial charge >= 0.3 is 5.97 Å². The van der Waals surface area contributed by atoms with Crippen LogP contribution in [0.25, 0.3) is 10.4 Å². The summed E-state index contributed by atoms with van der Waals surface area (Å²) >= 11 is 0. The predicted octanol–water partition coefficient (Wildman–Crippen LogP) is 6.50. The summed E-state index contributed by atoms with van der Waals surface area (Å²) in [5.74, 6) is -4.26. The molecule has 0 saturated carbocycles. The fourth-order valence-corrected chi connectivity index (χ4v) is 13.9. The zero-order valence-corrected chi connectivity index (χ0v) is 60.0. The summed E-state index contributed by atoms with van der Waals surface area (Å²) in [5, 5.41) is 18.9. The maximum Gasteiger partial charge on any atom is 0.337 e. The third-order valence-electron chi connectivity index (χ3n) is 20.2. The maximum atomic E-state index is 15.3. The van der Waals surface area contributed by atoms with Gasteiger partial charge in [0.1, 0.15) is 42.7 Å². The van der Waals surface area contributed by atoms with E-state index in [1.165, 1.54) is 7.11 Å². The number of esters is 1. The molecule has 6 aliphatic rings. The molecule has 12 rings (SSSR count). The minimum Gasteiger partial charge on any atom is -0.467 e. The van der Waals surface area contributed by atoms with Crippen molar-refractivity contribution in [2.75, 3.05) is 7.11 Å². The minimum atomic E-state index is -1.42. The normalized spacial score (nSPS) is 29.3. The van der Waals surface area contributed by atoms with Crippen LogP contribution in [0.1, 0.15) is 74.9 Å². The van der Waals surface area contributed by atoms with Crippen LogP contribution in [0.5, 0.6) is 0 Å². The Balaban J connectivity index is 0.777. The van der Waals surface area contributed by atoms with Crippen LogP contribution in [0.2, 0.25) is 0 Å². The Morgan fingerprint density at radius 1 is 0.330 bits per heavy atom. The van der Waals surface area contributed by atoms with Crippen LogP contribution in [0.15, 0.2) is 187 Å². The van der Waals surface area contributed by atoms with E-state index in [-0.39, 0.29) is 39.6 Å². The molecule has 27 nitrogen and oxygen atoms in total. The highest BCUT2D eigenvalue weighted by molar-refractivity contribution is 5.91. The Morgan fingerprint density at radius 3 is 0.755 bits per heavy atom. The summed E-state index contributed by atoms with van der Waals surface area (Å²) in [7, 11) is 1.22. The van der Waals surface area contributed by atoms with Crippen LogP contribution >= 0.6 is 0 Å². The third kappa shape index (κ3) is 18.3. The molecule has 24 atom stereocenters. The lowest BCUT2D eigenvalue weighted by Gasteiger charge is -2.52. The molecule has 106 heavy (non-hydrogen) atoms. The summed E-state index contributed by atoms with van der Waals surface area (Å²) < 4.78 is 80.5. The molecule has 0 bridgehead atoms. The van der Waals surface area contributed by atoms with Crippen molar-refractivity contribution in [2.45, 2.75) is 227 Å². The van der Waals surface area contributed by atoms with Gasteiger partial charge in [-0.05, 0) is 80.5 Å². The highest BCUT2D eigenvalue weighted by Gasteiger charge is 2.61. The number of ether oxygens (including phenoxy) is 13. The molecule has 6 saturated heterocycles. The maximum absolute atomic E-state index is 15.3. The lowest BCUT2D eigenvalue weighted by Crippen LogP contribution is -2.78. The SMILES string of the molecule is COC(=O)[C@@H]1O[C@@H]([C@H](C)OCc2ccccc2)[C@@H]1NC(=O)[C@@H]1O[C@@H]([C@H](C)OCc2ccccc2)[C@@H]1NC(=O)[C@@H]1O[C@@H]([C@H](C)OCc2ccccc2)[C@@H]1NC(=O)[C@@H]1O[C@@H]([C@H](C)OCc2ccccc2)[C@@H]1NC(=O)[C@@H]1O[C@@H]([C@H](C)OCc2ccccc2)[C@@H]1NC(=O)[C@@H]1O[C@@H]([C@H](C)OCc2ccccc2)[C@@H]1N=[N+]=[N-]. The summed E-state index contributed by atoms with van der Waals surface area (Å²) in [6.07, 6.45) is -17.4. The van der Waals surface area contributed by atoms with E-state index < -0.39 is 182 Å². The third-order valence-corrected chi connectivity index (χ3v) is 20.2. The van der Waals surface area contributed by atoms with E-state index in [2.05, 4.69) is 36.6 Å². The van der Waals surface area contributed by atoms with Gasteiger partial charge in [0.25, 0.3) is 23.6 Å². The van der Waals surface area contributed by atoms with Gasteiger partial charge < -0.3 is 88.2 Å². The first-order valence-corrected chi connectivity index (χ1v) is 35.9. The largest absolute Gasteiger partial charge is 0.467 e. The van der Waals surface area contributed by atoms with Crippen LogP contribution in [0.3, 0.4) is 0 Å². The zero-order valence-electron chi connectivity index (χ0n) is 60.0. The van der Waals surface area contributed by atoms with Crippen LogP contribution in [-0.4, -0.2) is 189 Å². The van der Waals surface area contributed by atoms with Gasteiger partial charge in [0.05, 0.1) is 120 Å². The van der Waals surface area contributed by atoms with E-state index in [1.807, 2.05) is 182 Å². The Hall–Kier alpha value is -9.03. The number of azide groups is 1. The van der Waals surface area contributed by atoms with Crippen molar-refractivity contribution in [2.24, 2.45) is 5.11 Å². The van der Waals surface area contributed by atoms with Crippen molar-refractivity contribution in [1.29, 1.82) is 0 Å². The summed E-state index contributed by atoms with van der Waals surface area (Å²) in [6.45, 7) is 11.7. The monoisotopic (exact) mass is 1460 g/mol. The fraction of sp³-hybridized carbons (Fsp3) is 0.468. The molecule has 0 unspecified atom stereocenters. The molecule has 5 N–H and O–H groups in total. The molecule has 6 aliphatic heterocycles. The zero-order chi connectivity index (χ0) is 74.4. The number of nitrogens with one attached hydrogen (secondary N) is 5. The molecule has 5 amide bonds.